The number of imidazole rings is 1. The molecule has 1 fully saturated rings. The summed E-state index contributed by atoms with van der Waals surface area (Å²) in [4.78, 5) is 56.3. The van der Waals surface area contributed by atoms with Gasteiger partial charge in [-0.05, 0) is 23.8 Å². The number of ether oxygens (including phenoxy) is 6. The summed E-state index contributed by atoms with van der Waals surface area (Å²) in [5.74, 6) is -2.72. The third kappa shape index (κ3) is 7.11. The molecule has 0 saturated carbocycles. The number of hydrogen-bond donors (Lipinski definition) is 0. The van der Waals surface area contributed by atoms with Crippen molar-refractivity contribution < 1.29 is 47.6 Å². The third-order valence-electron chi connectivity index (χ3n) is 6.01. The minimum absolute atomic E-state index is 0.142. The molecule has 41 heavy (non-hydrogen) atoms. The van der Waals surface area contributed by atoms with E-state index in [2.05, 4.69) is 9.97 Å². The molecule has 218 valence electrons. The van der Waals surface area contributed by atoms with Gasteiger partial charge in [0.25, 0.3) is 0 Å². The van der Waals surface area contributed by atoms with Crippen molar-refractivity contribution in [1.82, 2.24) is 14.5 Å². The molecule has 1 aliphatic heterocycles. The average molecular weight is 590 g/mol. The van der Waals surface area contributed by atoms with Crippen LogP contribution in [0.5, 0.6) is 5.75 Å². The van der Waals surface area contributed by atoms with Crippen LogP contribution in [0.2, 0.25) is 5.02 Å². The van der Waals surface area contributed by atoms with E-state index >= 15 is 0 Å². The summed E-state index contributed by atoms with van der Waals surface area (Å²) in [7, 11) is 1.85. The first-order chi connectivity index (χ1) is 19.4. The van der Waals surface area contributed by atoms with Crippen LogP contribution in [-0.2, 0) is 49.9 Å². The third-order valence-corrected chi connectivity index (χ3v) is 6.30. The number of rotatable bonds is 8. The van der Waals surface area contributed by atoms with E-state index in [9.17, 15) is 19.2 Å². The van der Waals surface area contributed by atoms with E-state index < -0.39 is 54.6 Å². The number of aryl methyl sites for hydroxylation is 1. The van der Waals surface area contributed by atoms with Crippen LogP contribution in [-0.4, -0.2) is 75.7 Å². The van der Waals surface area contributed by atoms with Gasteiger partial charge >= 0.3 is 23.9 Å². The van der Waals surface area contributed by atoms with Gasteiger partial charge in [-0.1, -0.05) is 17.7 Å². The maximum absolute atomic E-state index is 12.0. The molecule has 1 saturated heterocycles. The molecule has 4 rings (SSSR count). The molecular formula is C27H28ClN3O10. The van der Waals surface area contributed by atoms with Gasteiger partial charge in [-0.25, -0.2) is 9.97 Å². The second-order valence-electron chi connectivity index (χ2n) is 9.25. The highest BCUT2D eigenvalue weighted by Gasteiger charge is 2.53. The number of aromatic nitrogens is 3. The molecule has 1 aliphatic rings. The quantitative estimate of drug-likeness (QED) is 0.280. The molecule has 5 atom stereocenters. The Morgan fingerprint density at radius 3 is 2.17 bits per heavy atom. The molecule has 13 nitrogen and oxygen atoms in total. The lowest BCUT2D eigenvalue weighted by Crippen LogP contribution is -2.63. The second-order valence-corrected chi connectivity index (χ2v) is 9.66. The van der Waals surface area contributed by atoms with Crippen molar-refractivity contribution >= 4 is 46.6 Å². The lowest BCUT2D eigenvalue weighted by atomic mass is 9.98. The van der Waals surface area contributed by atoms with Crippen molar-refractivity contribution in [3.8, 4) is 16.9 Å². The summed E-state index contributed by atoms with van der Waals surface area (Å²) in [6.07, 6.45) is -3.26. The van der Waals surface area contributed by atoms with E-state index in [0.717, 1.165) is 37.5 Å². The monoisotopic (exact) mass is 589 g/mol. The number of halogens is 1. The molecule has 1 aromatic carbocycles. The maximum Gasteiger partial charge on any atom is 0.303 e. The first-order valence-electron chi connectivity index (χ1n) is 12.5. The molecular weight excluding hydrogens is 562 g/mol. The van der Waals surface area contributed by atoms with E-state index in [1.807, 2.05) is 13.1 Å². The Labute approximate surface area is 239 Å². The number of carbonyl (C=O) groups excluding carboxylic acids is 4. The molecule has 0 amide bonds. The number of esters is 4. The van der Waals surface area contributed by atoms with E-state index in [1.165, 1.54) is 6.92 Å². The van der Waals surface area contributed by atoms with Gasteiger partial charge in [0.15, 0.2) is 17.9 Å². The van der Waals surface area contributed by atoms with Crippen LogP contribution < -0.4 is 4.74 Å². The highest BCUT2D eigenvalue weighted by Crippen LogP contribution is 2.35. The van der Waals surface area contributed by atoms with Crippen molar-refractivity contribution in [3.05, 3.63) is 41.8 Å². The number of hydrogen-bond acceptors (Lipinski definition) is 12. The molecule has 14 heteroatoms. The van der Waals surface area contributed by atoms with Crippen molar-refractivity contribution in [2.24, 2.45) is 7.05 Å². The van der Waals surface area contributed by atoms with Crippen LogP contribution in [0.15, 0.2) is 36.8 Å². The molecule has 0 spiro atoms. The second kappa shape index (κ2) is 12.5. The van der Waals surface area contributed by atoms with Gasteiger partial charge in [0.05, 0.1) is 11.3 Å². The van der Waals surface area contributed by atoms with Crippen LogP contribution in [0.4, 0.5) is 0 Å². The van der Waals surface area contributed by atoms with E-state index in [1.54, 1.807) is 35.3 Å². The first-order valence-corrected chi connectivity index (χ1v) is 12.8. The van der Waals surface area contributed by atoms with Crippen LogP contribution in [0.1, 0.15) is 27.7 Å². The molecule has 2 aromatic heterocycles. The molecule has 3 aromatic rings. The summed E-state index contributed by atoms with van der Waals surface area (Å²) in [5.41, 5.74) is 2.92. The Morgan fingerprint density at radius 2 is 1.54 bits per heavy atom. The van der Waals surface area contributed by atoms with Gasteiger partial charge in [-0.3, -0.25) is 19.2 Å². The molecule has 0 unspecified atom stereocenters. The number of fused-ring (bicyclic) bond motifs is 1. The zero-order chi connectivity index (χ0) is 29.8. The summed E-state index contributed by atoms with van der Waals surface area (Å²) >= 11 is 6.58. The number of nitrogens with zero attached hydrogens (tertiary/aromatic N) is 3. The number of pyridine rings is 1. The minimum Gasteiger partial charge on any atom is -0.463 e. The Balaban J connectivity index is 1.66. The Hall–Kier alpha value is -4.23. The molecule has 0 radical (unpaired) electrons. The van der Waals surface area contributed by atoms with Gasteiger partial charge in [-0.2, -0.15) is 0 Å². The minimum atomic E-state index is -1.41. The van der Waals surface area contributed by atoms with Gasteiger partial charge in [0, 0.05) is 46.5 Å². The van der Waals surface area contributed by atoms with Gasteiger partial charge in [0.1, 0.15) is 24.0 Å². The van der Waals surface area contributed by atoms with Crippen molar-refractivity contribution in [1.29, 1.82) is 0 Å². The largest absolute Gasteiger partial charge is 0.463 e. The smallest absolute Gasteiger partial charge is 0.303 e. The Bertz CT molecular complexity index is 1470. The Morgan fingerprint density at radius 1 is 0.878 bits per heavy atom. The summed E-state index contributed by atoms with van der Waals surface area (Å²) < 4.78 is 35.1. The van der Waals surface area contributed by atoms with Gasteiger partial charge < -0.3 is 33.0 Å². The lowest BCUT2D eigenvalue weighted by Gasteiger charge is -2.44. The SMILES string of the molecule is CC(=O)OC[C@H]1O[C@H](Oc2ccc(-c3cnc4c(c3)ncn4C)cc2Cl)[C@@H](OC(C)=O)[C@@H](OC(C)=O)[C@@H]1OC(C)=O. The van der Waals surface area contributed by atoms with Crippen molar-refractivity contribution in [3.63, 3.8) is 0 Å². The van der Waals surface area contributed by atoms with Crippen LogP contribution in [0.25, 0.3) is 22.3 Å². The van der Waals surface area contributed by atoms with Gasteiger partial charge in [0.2, 0.25) is 12.4 Å². The molecule has 0 N–H and O–H groups in total. The predicted molar refractivity (Wildman–Crippen MR) is 142 cm³/mol. The van der Waals surface area contributed by atoms with Crippen molar-refractivity contribution in [2.75, 3.05) is 6.61 Å². The zero-order valence-corrected chi connectivity index (χ0v) is 23.6. The lowest BCUT2D eigenvalue weighted by molar-refractivity contribution is -0.288. The summed E-state index contributed by atoms with van der Waals surface area (Å²) in [5, 5.41) is 0.177. The highest BCUT2D eigenvalue weighted by atomic mass is 35.5. The standard InChI is InChI=1S/C27H28ClN3O10/c1-13(32)36-11-22-23(37-14(2)33)24(38-15(3)34)25(39-16(4)35)27(41-22)40-21-7-6-17(8-19(21)28)18-9-20-26(29-10-18)31(5)12-30-20/h6-10,12,22-25,27H,11H2,1-5H3/t22-,23-,24+,25+,27+/m1/s1. The fraction of sp³-hybridized carbons (Fsp3) is 0.407. The van der Waals surface area contributed by atoms with Crippen LogP contribution in [0, 0.1) is 0 Å². The molecule has 0 bridgehead atoms. The topological polar surface area (TPSA) is 154 Å². The molecule has 0 aliphatic carbocycles. The zero-order valence-electron chi connectivity index (χ0n) is 22.9. The maximum atomic E-state index is 12.0. The van der Waals surface area contributed by atoms with Crippen LogP contribution in [0.3, 0.4) is 0 Å². The Kier molecular flexibility index (Phi) is 9.08. The summed E-state index contributed by atoms with van der Waals surface area (Å²) in [6, 6.07) is 6.83. The fourth-order valence-electron chi connectivity index (χ4n) is 4.36. The van der Waals surface area contributed by atoms with Crippen molar-refractivity contribution in [2.45, 2.75) is 58.4 Å². The van der Waals surface area contributed by atoms with E-state index in [4.69, 9.17) is 40.0 Å². The summed E-state index contributed by atoms with van der Waals surface area (Å²) in [6.45, 7) is 4.22. The number of carbonyl (C=O) groups is 4. The van der Waals surface area contributed by atoms with E-state index in [0.29, 0.717) is 5.52 Å². The first kappa shape index (κ1) is 29.7. The predicted octanol–water partition coefficient (Wildman–Crippen LogP) is 2.75. The van der Waals surface area contributed by atoms with Gasteiger partial charge in [-0.15, -0.1) is 0 Å². The normalized spacial score (nSPS) is 22.0. The van der Waals surface area contributed by atoms with E-state index in [-0.39, 0.29) is 17.4 Å². The van der Waals surface area contributed by atoms with Crippen LogP contribution >= 0.6 is 11.6 Å². The highest BCUT2D eigenvalue weighted by molar-refractivity contribution is 6.32. The average Bonchev–Trinajstić information content (AvgIpc) is 3.26. The molecule has 3 heterocycles. The fourth-order valence-corrected chi connectivity index (χ4v) is 4.58. The number of benzene rings is 1.